The number of aromatic nitrogens is 2. The van der Waals surface area contributed by atoms with Gasteiger partial charge in [-0.3, -0.25) is 4.79 Å². The van der Waals surface area contributed by atoms with E-state index in [4.69, 9.17) is 4.98 Å². The molecule has 0 aliphatic heterocycles. The van der Waals surface area contributed by atoms with Crippen LogP contribution in [0.3, 0.4) is 0 Å². The number of hydrogen-bond acceptors (Lipinski definition) is 4. The SMILES string of the molecule is CCCCc1nc(CNC(=O)C(CS)CC(C)C)cn1Cc1ccc(-c2ccccc2C(=O)O)cc1. The molecule has 36 heavy (non-hydrogen) atoms. The van der Waals surface area contributed by atoms with E-state index in [0.29, 0.717) is 35.9 Å². The van der Waals surface area contributed by atoms with Gasteiger partial charge in [0.25, 0.3) is 0 Å². The smallest absolute Gasteiger partial charge is 0.336 e. The summed E-state index contributed by atoms with van der Waals surface area (Å²) in [7, 11) is 0. The molecule has 1 aromatic heterocycles. The van der Waals surface area contributed by atoms with E-state index >= 15 is 0 Å². The predicted octanol–water partition coefficient (Wildman–Crippen LogP) is 5.85. The van der Waals surface area contributed by atoms with E-state index in [-0.39, 0.29) is 11.8 Å². The van der Waals surface area contributed by atoms with E-state index in [1.54, 1.807) is 12.1 Å². The molecule has 0 aliphatic carbocycles. The lowest BCUT2D eigenvalue weighted by Crippen LogP contribution is -2.32. The van der Waals surface area contributed by atoms with Gasteiger partial charge in [-0.25, -0.2) is 9.78 Å². The maximum Gasteiger partial charge on any atom is 0.336 e. The molecule has 0 saturated heterocycles. The fourth-order valence-electron chi connectivity index (χ4n) is 4.33. The summed E-state index contributed by atoms with van der Waals surface area (Å²) in [4.78, 5) is 29.0. The highest BCUT2D eigenvalue weighted by Gasteiger charge is 2.19. The molecule has 7 heteroatoms. The number of hydrogen-bond donors (Lipinski definition) is 3. The van der Waals surface area contributed by atoms with Crippen LogP contribution in [0.5, 0.6) is 0 Å². The van der Waals surface area contributed by atoms with E-state index in [1.165, 1.54) is 0 Å². The van der Waals surface area contributed by atoms with E-state index in [0.717, 1.165) is 48.3 Å². The minimum Gasteiger partial charge on any atom is -0.478 e. The van der Waals surface area contributed by atoms with Crippen LogP contribution < -0.4 is 5.32 Å². The highest BCUT2D eigenvalue weighted by molar-refractivity contribution is 7.80. The second-order valence-corrected chi connectivity index (χ2v) is 10.0. The molecule has 0 spiro atoms. The molecule has 6 nitrogen and oxygen atoms in total. The van der Waals surface area contributed by atoms with E-state index in [2.05, 4.69) is 43.3 Å². The second-order valence-electron chi connectivity index (χ2n) is 9.65. The number of carboxylic acids is 1. The molecule has 0 radical (unpaired) electrons. The van der Waals surface area contributed by atoms with Crippen LogP contribution in [0.2, 0.25) is 0 Å². The van der Waals surface area contributed by atoms with Crippen LogP contribution in [-0.2, 0) is 24.3 Å². The standard InChI is InChI=1S/C29H37N3O3S/c1-4-5-10-27-31-24(16-30-28(33)23(19-36)15-20(2)3)18-32(27)17-21-11-13-22(14-12-21)25-8-6-7-9-26(25)29(34)35/h6-9,11-14,18,20,23,36H,4-5,10,15-17,19H2,1-3H3,(H,30,33)(H,34,35). The van der Waals surface area contributed by atoms with Gasteiger partial charge in [-0.1, -0.05) is 69.7 Å². The molecule has 1 unspecified atom stereocenters. The average molecular weight is 508 g/mol. The highest BCUT2D eigenvalue weighted by Crippen LogP contribution is 2.24. The van der Waals surface area contributed by atoms with Crippen molar-refractivity contribution < 1.29 is 14.7 Å². The van der Waals surface area contributed by atoms with Gasteiger partial charge in [0.05, 0.1) is 17.8 Å². The third-order valence-corrected chi connectivity index (χ3v) is 6.67. The Balaban J connectivity index is 1.74. The third-order valence-electron chi connectivity index (χ3n) is 6.23. The Morgan fingerprint density at radius 3 is 2.47 bits per heavy atom. The minimum absolute atomic E-state index is 0.0283. The molecule has 0 fully saturated rings. The first kappa shape index (κ1) is 27.5. The Morgan fingerprint density at radius 1 is 1.11 bits per heavy atom. The lowest BCUT2D eigenvalue weighted by atomic mass is 9.98. The van der Waals surface area contributed by atoms with Crippen LogP contribution >= 0.6 is 12.6 Å². The van der Waals surface area contributed by atoms with Crippen LogP contribution in [0, 0.1) is 11.8 Å². The van der Waals surface area contributed by atoms with Crippen molar-refractivity contribution in [1.82, 2.24) is 14.9 Å². The lowest BCUT2D eigenvalue weighted by Gasteiger charge is -2.16. The predicted molar refractivity (Wildman–Crippen MR) is 147 cm³/mol. The van der Waals surface area contributed by atoms with Crippen molar-refractivity contribution in [3.63, 3.8) is 0 Å². The van der Waals surface area contributed by atoms with Crippen molar-refractivity contribution in [2.75, 3.05) is 5.75 Å². The van der Waals surface area contributed by atoms with Gasteiger partial charge in [-0.05, 0) is 41.5 Å². The van der Waals surface area contributed by atoms with Crippen LogP contribution in [0.25, 0.3) is 11.1 Å². The Kier molecular flexibility index (Phi) is 10.2. The summed E-state index contributed by atoms with van der Waals surface area (Å²) in [6.07, 6.45) is 5.84. The van der Waals surface area contributed by atoms with Gasteiger partial charge < -0.3 is 15.0 Å². The molecule has 0 bridgehead atoms. The monoisotopic (exact) mass is 507 g/mol. The third kappa shape index (κ3) is 7.47. The number of benzene rings is 2. The van der Waals surface area contributed by atoms with Crippen molar-refractivity contribution in [3.8, 4) is 11.1 Å². The van der Waals surface area contributed by atoms with Gasteiger partial charge in [-0.2, -0.15) is 12.6 Å². The normalized spacial score (nSPS) is 12.0. The van der Waals surface area contributed by atoms with Crippen molar-refractivity contribution in [1.29, 1.82) is 0 Å². The van der Waals surface area contributed by atoms with Gasteiger partial charge in [0, 0.05) is 30.8 Å². The van der Waals surface area contributed by atoms with E-state index in [9.17, 15) is 14.7 Å². The Hall–Kier alpha value is -3.06. The first-order valence-electron chi connectivity index (χ1n) is 12.7. The van der Waals surface area contributed by atoms with Gasteiger partial charge in [0.1, 0.15) is 5.82 Å². The molecular weight excluding hydrogens is 470 g/mol. The number of aryl methyl sites for hydroxylation is 1. The number of carbonyl (C=O) groups excluding carboxylic acids is 1. The average Bonchev–Trinajstić information content (AvgIpc) is 3.26. The minimum atomic E-state index is -0.932. The molecular formula is C29H37N3O3S. The molecule has 2 N–H and O–H groups in total. The summed E-state index contributed by atoms with van der Waals surface area (Å²) in [6, 6.07) is 15.0. The summed E-state index contributed by atoms with van der Waals surface area (Å²) in [5, 5.41) is 12.5. The number of aromatic carboxylic acids is 1. The van der Waals surface area contributed by atoms with E-state index < -0.39 is 5.97 Å². The number of carbonyl (C=O) groups is 2. The number of rotatable bonds is 13. The first-order chi connectivity index (χ1) is 17.3. The topological polar surface area (TPSA) is 84.2 Å². The number of imidazole rings is 1. The van der Waals surface area contributed by atoms with Crippen LogP contribution in [-0.4, -0.2) is 32.3 Å². The van der Waals surface area contributed by atoms with Crippen molar-refractivity contribution in [2.24, 2.45) is 11.8 Å². The first-order valence-corrected chi connectivity index (χ1v) is 13.3. The van der Waals surface area contributed by atoms with Gasteiger partial charge >= 0.3 is 5.97 Å². The van der Waals surface area contributed by atoms with E-state index in [1.807, 2.05) is 42.6 Å². The molecule has 0 saturated carbocycles. The number of amides is 1. The van der Waals surface area contributed by atoms with Crippen LogP contribution in [0.15, 0.2) is 54.7 Å². The van der Waals surface area contributed by atoms with Gasteiger partial charge in [0.15, 0.2) is 0 Å². The van der Waals surface area contributed by atoms with Crippen molar-refractivity contribution in [2.45, 2.75) is 59.5 Å². The van der Waals surface area contributed by atoms with Crippen molar-refractivity contribution in [3.05, 3.63) is 77.4 Å². The Morgan fingerprint density at radius 2 is 1.83 bits per heavy atom. The molecule has 2 aromatic carbocycles. The molecule has 0 aliphatic rings. The summed E-state index contributed by atoms with van der Waals surface area (Å²) in [5.41, 5.74) is 3.82. The van der Waals surface area contributed by atoms with Gasteiger partial charge in [0.2, 0.25) is 5.91 Å². The molecule has 3 rings (SSSR count). The Labute approximate surface area is 219 Å². The number of carboxylic acid groups (broad SMARTS) is 1. The zero-order chi connectivity index (χ0) is 26.1. The lowest BCUT2D eigenvalue weighted by molar-refractivity contribution is -0.124. The zero-order valence-corrected chi connectivity index (χ0v) is 22.3. The largest absolute Gasteiger partial charge is 0.478 e. The summed E-state index contributed by atoms with van der Waals surface area (Å²) in [6.45, 7) is 7.45. The number of nitrogens with zero attached hydrogens (tertiary/aromatic N) is 2. The summed E-state index contributed by atoms with van der Waals surface area (Å²) < 4.78 is 2.15. The van der Waals surface area contributed by atoms with Gasteiger partial charge in [-0.15, -0.1) is 0 Å². The maximum atomic E-state index is 12.6. The van der Waals surface area contributed by atoms with Crippen LogP contribution in [0.1, 0.15) is 67.5 Å². The Bertz CT molecular complexity index is 1150. The highest BCUT2D eigenvalue weighted by atomic mass is 32.1. The maximum absolute atomic E-state index is 12.6. The number of unbranched alkanes of at least 4 members (excludes halogenated alkanes) is 1. The molecule has 192 valence electrons. The zero-order valence-electron chi connectivity index (χ0n) is 21.4. The number of nitrogens with one attached hydrogen (secondary N) is 1. The molecule has 3 aromatic rings. The molecule has 1 atom stereocenters. The van der Waals surface area contributed by atoms with Crippen molar-refractivity contribution >= 4 is 24.5 Å². The second kappa shape index (κ2) is 13.3. The van der Waals surface area contributed by atoms with Crippen LogP contribution in [0.4, 0.5) is 0 Å². The summed E-state index contributed by atoms with van der Waals surface area (Å²) >= 11 is 4.36. The molecule has 1 heterocycles. The molecule has 1 amide bonds. The fraction of sp³-hybridized carbons (Fsp3) is 0.414. The quantitative estimate of drug-likeness (QED) is 0.254. The summed E-state index contributed by atoms with van der Waals surface area (Å²) in [5.74, 6) is 0.984. The fourth-order valence-corrected chi connectivity index (χ4v) is 4.65. The number of thiol groups is 1.